The van der Waals surface area contributed by atoms with Gasteiger partial charge in [-0.1, -0.05) is 15.9 Å². The molecule has 3 heterocycles. The predicted molar refractivity (Wildman–Crippen MR) is 86.1 cm³/mol. The highest BCUT2D eigenvalue weighted by Gasteiger charge is 2.41. The number of ether oxygens (including phenoxy) is 1. The van der Waals surface area contributed by atoms with Crippen LogP contribution in [0, 0.1) is 10.1 Å². The van der Waals surface area contributed by atoms with E-state index >= 15 is 0 Å². The maximum atomic E-state index is 12.1. The van der Waals surface area contributed by atoms with Gasteiger partial charge in [-0.25, -0.2) is 4.79 Å². The van der Waals surface area contributed by atoms with Crippen molar-refractivity contribution >= 4 is 32.8 Å². The minimum absolute atomic E-state index is 0.172. The number of rotatable bonds is 3. The summed E-state index contributed by atoms with van der Waals surface area (Å²) in [5.74, 6) is -0.745. The third-order valence-electron chi connectivity index (χ3n) is 3.88. The third-order valence-corrected chi connectivity index (χ3v) is 4.37. The highest BCUT2D eigenvalue weighted by molar-refractivity contribution is 9.10. The molecule has 0 aliphatic carbocycles. The predicted octanol–water partition coefficient (Wildman–Crippen LogP) is 2.31. The lowest BCUT2D eigenvalue weighted by Gasteiger charge is -2.21. The third kappa shape index (κ3) is 2.30. The highest BCUT2D eigenvalue weighted by Crippen LogP contribution is 2.32. The van der Waals surface area contributed by atoms with Crippen LogP contribution in [0.25, 0.3) is 11.1 Å². The van der Waals surface area contributed by atoms with E-state index in [1.807, 2.05) is 6.92 Å². The van der Waals surface area contributed by atoms with Crippen molar-refractivity contribution in [1.29, 1.82) is 0 Å². The standard InChI is InChI=1S/C14H11BrN4O5/c1-14(6-17-5-11(19(21)22)16-12(17)24-14)7-18-9-4-8(15)2-3-10(9)23-13(18)20/h2-5H,6-7H2,1H3. The number of nitrogens with zero attached hydrogens (tertiary/aromatic N) is 4. The zero-order valence-corrected chi connectivity index (χ0v) is 14.0. The van der Waals surface area contributed by atoms with Crippen LogP contribution in [-0.2, 0) is 13.1 Å². The molecule has 9 nitrogen and oxygen atoms in total. The molecule has 4 rings (SSSR count). The summed E-state index contributed by atoms with van der Waals surface area (Å²) >= 11 is 3.37. The second-order valence-electron chi connectivity index (χ2n) is 5.88. The summed E-state index contributed by atoms with van der Waals surface area (Å²) in [5, 5.41) is 10.8. The summed E-state index contributed by atoms with van der Waals surface area (Å²) in [5.41, 5.74) is 0.369. The number of halogens is 1. The van der Waals surface area contributed by atoms with Crippen molar-refractivity contribution in [1.82, 2.24) is 14.1 Å². The van der Waals surface area contributed by atoms with E-state index in [9.17, 15) is 14.9 Å². The maximum Gasteiger partial charge on any atom is 0.420 e. The smallest absolute Gasteiger partial charge is 0.420 e. The second kappa shape index (κ2) is 4.94. The lowest BCUT2D eigenvalue weighted by Crippen LogP contribution is -2.39. The molecule has 1 unspecified atom stereocenters. The van der Waals surface area contributed by atoms with Gasteiger partial charge in [-0.05, 0) is 30.0 Å². The molecule has 0 bridgehead atoms. The Bertz CT molecular complexity index is 1010. The minimum atomic E-state index is -0.763. The zero-order valence-electron chi connectivity index (χ0n) is 12.4. The van der Waals surface area contributed by atoms with Crippen LogP contribution in [-0.4, -0.2) is 24.6 Å². The first-order valence-corrected chi connectivity index (χ1v) is 7.83. The van der Waals surface area contributed by atoms with Crippen LogP contribution in [0.1, 0.15) is 6.92 Å². The van der Waals surface area contributed by atoms with Crippen molar-refractivity contribution in [2.75, 3.05) is 0 Å². The summed E-state index contributed by atoms with van der Waals surface area (Å²) in [6.45, 7) is 2.39. The molecule has 0 radical (unpaired) electrons. The van der Waals surface area contributed by atoms with Gasteiger partial charge in [0.05, 0.1) is 18.6 Å². The van der Waals surface area contributed by atoms with E-state index in [2.05, 4.69) is 20.9 Å². The van der Waals surface area contributed by atoms with Gasteiger partial charge in [0.1, 0.15) is 11.8 Å². The van der Waals surface area contributed by atoms with Crippen LogP contribution in [0.2, 0.25) is 0 Å². The molecular weight excluding hydrogens is 384 g/mol. The monoisotopic (exact) mass is 394 g/mol. The van der Waals surface area contributed by atoms with Gasteiger partial charge >= 0.3 is 17.6 Å². The van der Waals surface area contributed by atoms with Crippen molar-refractivity contribution in [2.45, 2.75) is 25.6 Å². The molecule has 24 heavy (non-hydrogen) atoms. The number of benzene rings is 1. The van der Waals surface area contributed by atoms with Gasteiger partial charge in [-0.3, -0.25) is 9.13 Å². The molecule has 0 spiro atoms. The lowest BCUT2D eigenvalue weighted by molar-refractivity contribution is -0.389. The molecule has 10 heteroatoms. The summed E-state index contributed by atoms with van der Waals surface area (Å²) < 4.78 is 14.9. The van der Waals surface area contributed by atoms with Crippen molar-refractivity contribution in [3.63, 3.8) is 0 Å². The highest BCUT2D eigenvalue weighted by atomic mass is 79.9. The Morgan fingerprint density at radius 3 is 3.00 bits per heavy atom. The number of hydrogen-bond donors (Lipinski definition) is 0. The van der Waals surface area contributed by atoms with E-state index < -0.39 is 16.3 Å². The van der Waals surface area contributed by atoms with E-state index in [0.717, 1.165) is 4.47 Å². The Labute approximate surface area is 142 Å². The van der Waals surface area contributed by atoms with Gasteiger partial charge in [-0.15, -0.1) is 0 Å². The molecule has 124 valence electrons. The van der Waals surface area contributed by atoms with E-state index in [-0.39, 0.29) is 18.4 Å². The van der Waals surface area contributed by atoms with Crippen LogP contribution in [0.4, 0.5) is 5.82 Å². The Balaban J connectivity index is 1.68. The first-order valence-electron chi connectivity index (χ1n) is 7.04. The molecule has 0 N–H and O–H groups in total. The van der Waals surface area contributed by atoms with Crippen molar-refractivity contribution in [2.24, 2.45) is 0 Å². The van der Waals surface area contributed by atoms with Crippen LogP contribution in [0.3, 0.4) is 0 Å². The average Bonchev–Trinajstić information content (AvgIpc) is 3.10. The summed E-state index contributed by atoms with van der Waals surface area (Å²) in [6, 6.07) is 5.47. The molecule has 0 fully saturated rings. The average molecular weight is 395 g/mol. The van der Waals surface area contributed by atoms with E-state index in [1.54, 1.807) is 22.8 Å². The van der Waals surface area contributed by atoms with Crippen LogP contribution in [0.5, 0.6) is 6.01 Å². The van der Waals surface area contributed by atoms with E-state index in [0.29, 0.717) is 17.6 Å². The van der Waals surface area contributed by atoms with Gasteiger partial charge in [0.15, 0.2) is 5.58 Å². The molecule has 0 saturated heterocycles. The van der Waals surface area contributed by atoms with Crippen molar-refractivity contribution < 1.29 is 14.1 Å². The molecule has 1 aliphatic rings. The van der Waals surface area contributed by atoms with Crippen LogP contribution >= 0.6 is 15.9 Å². The van der Waals surface area contributed by atoms with E-state index in [4.69, 9.17) is 9.15 Å². The van der Waals surface area contributed by atoms with Crippen molar-refractivity contribution in [3.8, 4) is 6.01 Å². The van der Waals surface area contributed by atoms with E-state index in [1.165, 1.54) is 10.8 Å². The summed E-state index contributed by atoms with van der Waals surface area (Å²) in [4.78, 5) is 26.2. The molecule has 2 aromatic heterocycles. The molecule has 0 amide bonds. The SMILES string of the molecule is CC1(Cn2c(=O)oc3ccc(Br)cc32)Cn2cc([N+](=O)[O-])nc2O1. The normalized spacial score (nSPS) is 19.4. The van der Waals surface area contributed by atoms with Gasteiger partial charge in [0, 0.05) is 9.46 Å². The fourth-order valence-corrected chi connectivity index (χ4v) is 3.23. The largest absolute Gasteiger partial charge is 0.436 e. The minimum Gasteiger partial charge on any atom is -0.436 e. The van der Waals surface area contributed by atoms with Crippen LogP contribution < -0.4 is 10.5 Å². The maximum absolute atomic E-state index is 12.1. The number of aromatic nitrogens is 3. The topological polar surface area (TPSA) is 105 Å². The Kier molecular flexibility index (Phi) is 3.07. The Morgan fingerprint density at radius 1 is 1.50 bits per heavy atom. The number of oxazole rings is 1. The van der Waals surface area contributed by atoms with Gasteiger partial charge in [0.2, 0.25) is 0 Å². The van der Waals surface area contributed by atoms with Crippen molar-refractivity contribution in [3.05, 3.63) is 49.5 Å². The number of imidazole rings is 1. The summed E-state index contributed by atoms with van der Waals surface area (Å²) in [7, 11) is 0. The molecule has 1 aliphatic heterocycles. The Morgan fingerprint density at radius 2 is 2.29 bits per heavy atom. The van der Waals surface area contributed by atoms with Gasteiger partial charge < -0.3 is 19.3 Å². The number of fused-ring (bicyclic) bond motifs is 2. The first kappa shape index (κ1) is 14.9. The first-order chi connectivity index (χ1) is 11.3. The fourth-order valence-electron chi connectivity index (χ4n) is 2.88. The summed E-state index contributed by atoms with van der Waals surface area (Å²) in [6.07, 6.45) is 1.33. The molecule has 3 aromatic rings. The molecule has 1 atom stereocenters. The second-order valence-corrected chi connectivity index (χ2v) is 6.80. The van der Waals surface area contributed by atoms with Crippen LogP contribution in [0.15, 0.2) is 38.1 Å². The fraction of sp³-hybridized carbons (Fsp3) is 0.286. The number of nitro groups is 1. The zero-order chi connectivity index (χ0) is 17.1. The molecule has 1 aromatic carbocycles. The lowest BCUT2D eigenvalue weighted by atomic mass is 10.1. The Hall–Kier alpha value is -2.62. The van der Waals surface area contributed by atoms with Gasteiger partial charge in [0.25, 0.3) is 0 Å². The quantitative estimate of drug-likeness (QED) is 0.498. The molecule has 0 saturated carbocycles. The van der Waals surface area contributed by atoms with Gasteiger partial charge in [-0.2, -0.15) is 0 Å². The molecular formula is C14H11BrN4O5. The number of hydrogen-bond acceptors (Lipinski definition) is 6.